The number of likely N-dealkylation sites (tertiary alicyclic amines) is 1. The van der Waals surface area contributed by atoms with Gasteiger partial charge in [0.2, 0.25) is 5.88 Å². The number of anilines is 1. The molecular weight excluding hydrogens is 430 g/mol. The van der Waals surface area contributed by atoms with Gasteiger partial charge in [0.25, 0.3) is 0 Å². The number of amidine groups is 1. The molecule has 3 N–H and O–H groups in total. The van der Waals surface area contributed by atoms with Gasteiger partial charge in [0.15, 0.2) is 0 Å². The first-order valence-electron chi connectivity index (χ1n) is 12.4. The summed E-state index contributed by atoms with van der Waals surface area (Å²) in [5.41, 5.74) is 7.41. The van der Waals surface area contributed by atoms with Gasteiger partial charge in [0.05, 0.1) is 19.9 Å². The molecule has 2 atom stereocenters. The van der Waals surface area contributed by atoms with E-state index in [1.165, 1.54) is 25.7 Å². The molecule has 0 saturated carbocycles. The first kappa shape index (κ1) is 25.7. The summed E-state index contributed by atoms with van der Waals surface area (Å²) in [7, 11) is 3.15. The monoisotopic (exact) mass is 469 g/mol. The second kappa shape index (κ2) is 12.6. The van der Waals surface area contributed by atoms with Gasteiger partial charge in [0, 0.05) is 23.9 Å². The molecule has 2 unspecified atom stereocenters. The maximum Gasteiger partial charge on any atom is 0.347 e. The lowest BCUT2D eigenvalue weighted by Crippen LogP contribution is -2.42. The van der Waals surface area contributed by atoms with Crippen molar-refractivity contribution in [2.75, 3.05) is 39.2 Å². The van der Waals surface area contributed by atoms with Crippen LogP contribution in [-0.2, 0) is 0 Å². The summed E-state index contributed by atoms with van der Waals surface area (Å²) in [6.07, 6.45) is 7.00. The molecule has 2 aromatic rings. The fourth-order valence-corrected chi connectivity index (χ4v) is 4.74. The number of urea groups is 1. The molecule has 1 aliphatic heterocycles. The van der Waals surface area contributed by atoms with Gasteiger partial charge in [0.1, 0.15) is 17.1 Å². The fourth-order valence-electron chi connectivity index (χ4n) is 4.74. The number of fused-ring (bicyclic) bond motifs is 1. The predicted octanol–water partition coefficient (Wildman–Crippen LogP) is 5.07. The zero-order chi connectivity index (χ0) is 24.5. The van der Waals surface area contributed by atoms with Crippen LogP contribution in [0.5, 0.6) is 11.6 Å². The molecule has 0 radical (unpaired) electrons. The minimum absolute atomic E-state index is 0.0941. The number of carbonyl (C=O) groups excluding carboxylic acids is 1. The van der Waals surface area contributed by atoms with Crippen molar-refractivity contribution in [1.29, 1.82) is 0 Å². The van der Waals surface area contributed by atoms with E-state index in [0.717, 1.165) is 43.8 Å². The molecule has 3 rings (SSSR count). The topological polar surface area (TPSA) is 102 Å². The van der Waals surface area contributed by atoms with Crippen LogP contribution in [-0.4, -0.2) is 55.6 Å². The number of amides is 2. The Labute approximate surface area is 202 Å². The lowest BCUT2D eigenvalue weighted by atomic mass is 9.94. The van der Waals surface area contributed by atoms with Gasteiger partial charge in [-0.15, -0.1) is 0 Å². The first-order chi connectivity index (χ1) is 16.5. The lowest BCUT2D eigenvalue weighted by Gasteiger charge is -2.33. The Hall–Kier alpha value is -2.87. The number of carbonyl (C=O) groups is 1. The first-order valence-corrected chi connectivity index (χ1v) is 12.4. The summed E-state index contributed by atoms with van der Waals surface area (Å²) in [5, 5.41) is 3.61. The quantitative estimate of drug-likeness (QED) is 0.372. The molecule has 1 fully saturated rings. The number of hydrogen-bond acceptors (Lipinski definition) is 5. The van der Waals surface area contributed by atoms with Crippen molar-refractivity contribution in [3.63, 3.8) is 0 Å². The molecule has 186 valence electrons. The van der Waals surface area contributed by atoms with E-state index in [0.29, 0.717) is 28.7 Å². The molecule has 0 spiro atoms. The maximum atomic E-state index is 12.7. The van der Waals surface area contributed by atoms with E-state index in [9.17, 15) is 4.79 Å². The lowest BCUT2D eigenvalue weighted by molar-refractivity contribution is 0.188. The van der Waals surface area contributed by atoms with E-state index in [-0.39, 0.29) is 5.92 Å². The van der Waals surface area contributed by atoms with Crippen molar-refractivity contribution in [3.05, 3.63) is 24.3 Å². The van der Waals surface area contributed by atoms with Gasteiger partial charge in [-0.1, -0.05) is 33.1 Å². The van der Waals surface area contributed by atoms with Crippen LogP contribution in [0.1, 0.15) is 52.4 Å². The van der Waals surface area contributed by atoms with Crippen LogP contribution in [0.2, 0.25) is 0 Å². The number of aromatic nitrogens is 1. The number of nitrogens with zero attached hydrogens (tertiary/aromatic N) is 3. The number of pyridine rings is 1. The number of rotatable bonds is 10. The van der Waals surface area contributed by atoms with Crippen molar-refractivity contribution in [1.82, 2.24) is 9.88 Å². The van der Waals surface area contributed by atoms with Crippen LogP contribution in [0.15, 0.2) is 29.3 Å². The fraction of sp³-hybridized carbons (Fsp3) is 0.577. The van der Waals surface area contributed by atoms with E-state index >= 15 is 0 Å². The number of nitrogens with two attached hydrogens (primary N) is 1. The van der Waals surface area contributed by atoms with Crippen LogP contribution in [0.25, 0.3) is 10.9 Å². The molecule has 2 amide bonds. The maximum absolute atomic E-state index is 12.7. The Morgan fingerprint density at radius 3 is 2.76 bits per heavy atom. The molecular formula is C26H39N5O3. The summed E-state index contributed by atoms with van der Waals surface area (Å²) in [4.78, 5) is 23.9. The SMILES string of the molecule is CCCC(CC)CCN1CCCC(/C(N)=N/C(=O)Nc2ccc(OC)c3ccc(OC)nc23)C1. The van der Waals surface area contributed by atoms with E-state index in [1.807, 2.05) is 6.07 Å². The highest BCUT2D eigenvalue weighted by atomic mass is 16.5. The minimum Gasteiger partial charge on any atom is -0.496 e. The number of ether oxygens (including phenoxy) is 2. The van der Waals surface area contributed by atoms with E-state index in [4.69, 9.17) is 15.2 Å². The van der Waals surface area contributed by atoms with Crippen molar-refractivity contribution < 1.29 is 14.3 Å². The Bertz CT molecular complexity index is 994. The van der Waals surface area contributed by atoms with Gasteiger partial charge in [-0.05, 0) is 56.5 Å². The van der Waals surface area contributed by atoms with E-state index in [2.05, 4.69) is 34.0 Å². The van der Waals surface area contributed by atoms with Crippen LogP contribution in [0.4, 0.5) is 10.5 Å². The largest absolute Gasteiger partial charge is 0.496 e. The number of nitrogens with one attached hydrogen (secondary N) is 1. The molecule has 8 nitrogen and oxygen atoms in total. The normalized spacial score (nSPS) is 18.0. The molecule has 8 heteroatoms. The molecule has 0 bridgehead atoms. The minimum atomic E-state index is -0.500. The highest BCUT2D eigenvalue weighted by Crippen LogP contribution is 2.32. The smallest absolute Gasteiger partial charge is 0.347 e. The summed E-state index contributed by atoms with van der Waals surface area (Å²) in [5.74, 6) is 2.39. The van der Waals surface area contributed by atoms with E-state index in [1.54, 1.807) is 32.4 Å². The number of methoxy groups -OCH3 is 2. The second-order valence-corrected chi connectivity index (χ2v) is 9.02. The van der Waals surface area contributed by atoms with Gasteiger partial charge in [-0.25, -0.2) is 9.78 Å². The van der Waals surface area contributed by atoms with Crippen molar-refractivity contribution in [2.45, 2.75) is 52.4 Å². The molecule has 0 aliphatic carbocycles. The molecule has 1 aliphatic rings. The van der Waals surface area contributed by atoms with E-state index < -0.39 is 6.03 Å². The van der Waals surface area contributed by atoms with Crippen LogP contribution >= 0.6 is 0 Å². The van der Waals surface area contributed by atoms with Crippen LogP contribution in [0, 0.1) is 11.8 Å². The third-order valence-corrected chi connectivity index (χ3v) is 6.74. The van der Waals surface area contributed by atoms with Crippen molar-refractivity contribution in [3.8, 4) is 11.6 Å². The second-order valence-electron chi connectivity index (χ2n) is 9.02. The molecule has 1 aromatic heterocycles. The summed E-state index contributed by atoms with van der Waals surface area (Å²) in [6.45, 7) is 7.56. The molecule has 1 aromatic carbocycles. The number of benzene rings is 1. The highest BCUT2D eigenvalue weighted by molar-refractivity contribution is 6.05. The zero-order valence-corrected chi connectivity index (χ0v) is 21.0. The van der Waals surface area contributed by atoms with Crippen LogP contribution in [0.3, 0.4) is 0 Å². The third-order valence-electron chi connectivity index (χ3n) is 6.74. The summed E-state index contributed by atoms with van der Waals surface area (Å²) >= 11 is 0. The number of aliphatic imine (C=N–C) groups is 1. The van der Waals surface area contributed by atoms with Gasteiger partial charge in [-0.3, -0.25) is 0 Å². The van der Waals surface area contributed by atoms with Crippen LogP contribution < -0.4 is 20.5 Å². The summed E-state index contributed by atoms with van der Waals surface area (Å²) < 4.78 is 10.7. The van der Waals surface area contributed by atoms with Gasteiger partial charge >= 0.3 is 6.03 Å². The van der Waals surface area contributed by atoms with Gasteiger partial charge < -0.3 is 25.4 Å². The average molecular weight is 470 g/mol. The van der Waals surface area contributed by atoms with Gasteiger partial charge in [-0.2, -0.15) is 4.99 Å². The Kier molecular flexibility index (Phi) is 9.51. The molecule has 2 heterocycles. The zero-order valence-electron chi connectivity index (χ0n) is 21.0. The Balaban J connectivity index is 1.67. The van der Waals surface area contributed by atoms with Crippen molar-refractivity contribution in [2.24, 2.45) is 22.6 Å². The standard InChI is InChI=1S/C26H39N5O3/c1-5-8-18(6-2)14-16-31-15-7-9-19(17-31)25(27)30-26(32)28-21-11-12-22(33-3)20-10-13-23(34-4)29-24(20)21/h10-13,18-19H,5-9,14-17H2,1-4H3,(H3,27,28,30,32). The average Bonchev–Trinajstić information content (AvgIpc) is 2.86. The Morgan fingerprint density at radius 2 is 2.06 bits per heavy atom. The third kappa shape index (κ3) is 6.59. The van der Waals surface area contributed by atoms with Crippen molar-refractivity contribution >= 4 is 28.5 Å². The Morgan fingerprint density at radius 1 is 1.24 bits per heavy atom. The molecule has 1 saturated heterocycles. The summed E-state index contributed by atoms with van der Waals surface area (Å²) in [6, 6.07) is 6.65. The number of piperidine rings is 1. The predicted molar refractivity (Wildman–Crippen MR) is 138 cm³/mol. The highest BCUT2D eigenvalue weighted by Gasteiger charge is 2.24. The molecule has 34 heavy (non-hydrogen) atoms. The number of hydrogen-bond donors (Lipinski definition) is 2.